The summed E-state index contributed by atoms with van der Waals surface area (Å²) in [5.74, 6) is 0. The summed E-state index contributed by atoms with van der Waals surface area (Å²) in [7, 11) is 7.17. The number of methoxy groups -OCH3 is 3. The first-order chi connectivity index (χ1) is 7.74. The van der Waals surface area contributed by atoms with Gasteiger partial charge in [-0.15, -0.1) is 0 Å². The van der Waals surface area contributed by atoms with Crippen LogP contribution in [-0.2, 0) is 14.2 Å². The Hall–Kier alpha value is -0.200. The van der Waals surface area contributed by atoms with E-state index in [4.69, 9.17) is 14.2 Å². The molecule has 0 bridgehead atoms. The van der Waals surface area contributed by atoms with Crippen LogP contribution in [0.4, 0.5) is 0 Å². The molecule has 1 fully saturated rings. The van der Waals surface area contributed by atoms with Crippen molar-refractivity contribution >= 4 is 0 Å². The lowest BCUT2D eigenvalue weighted by molar-refractivity contribution is -0.00461. The summed E-state index contributed by atoms with van der Waals surface area (Å²) in [5.41, 5.74) is 0. The Bertz CT molecular complexity index is 180. The van der Waals surface area contributed by atoms with Crippen LogP contribution < -0.4 is 5.32 Å². The highest BCUT2D eigenvalue weighted by Crippen LogP contribution is 2.15. The monoisotopic (exact) mass is 232 g/mol. The van der Waals surface area contributed by atoms with Gasteiger partial charge in [0, 0.05) is 47.0 Å². The van der Waals surface area contributed by atoms with Gasteiger partial charge in [-0.2, -0.15) is 0 Å². The third-order valence-electron chi connectivity index (χ3n) is 3.15. The molecule has 1 aliphatic rings. The Kier molecular flexibility index (Phi) is 6.23. The molecule has 0 amide bonds. The Balaban J connectivity index is 2.38. The predicted molar refractivity (Wildman–Crippen MR) is 62.8 cm³/mol. The molecule has 0 saturated carbocycles. The number of ether oxygens (including phenoxy) is 3. The molecule has 0 aliphatic carbocycles. The Morgan fingerprint density at radius 3 is 2.12 bits per heavy atom. The number of likely N-dealkylation sites (tertiary alicyclic amines) is 1. The van der Waals surface area contributed by atoms with Crippen molar-refractivity contribution in [3.05, 3.63) is 0 Å². The van der Waals surface area contributed by atoms with Crippen LogP contribution in [0.1, 0.15) is 0 Å². The maximum Gasteiger partial charge on any atom is 0.0971 e. The van der Waals surface area contributed by atoms with Gasteiger partial charge >= 0.3 is 0 Å². The molecule has 1 saturated heterocycles. The van der Waals surface area contributed by atoms with E-state index in [1.807, 2.05) is 7.05 Å². The zero-order chi connectivity index (χ0) is 12.0. The van der Waals surface area contributed by atoms with E-state index in [1.54, 1.807) is 21.3 Å². The van der Waals surface area contributed by atoms with Crippen molar-refractivity contribution in [2.45, 2.75) is 18.2 Å². The van der Waals surface area contributed by atoms with Gasteiger partial charge in [-0.25, -0.2) is 0 Å². The van der Waals surface area contributed by atoms with Gasteiger partial charge in [-0.05, 0) is 7.05 Å². The molecule has 16 heavy (non-hydrogen) atoms. The van der Waals surface area contributed by atoms with Crippen LogP contribution in [0.15, 0.2) is 0 Å². The molecule has 3 unspecified atom stereocenters. The molecule has 0 aromatic rings. The molecule has 1 N–H and O–H groups in total. The molecular formula is C11H24N2O3. The lowest BCUT2D eigenvalue weighted by atomic mass is 10.3. The largest absolute Gasteiger partial charge is 0.383 e. The highest BCUT2D eigenvalue weighted by molar-refractivity contribution is 4.87. The lowest BCUT2D eigenvalue weighted by Crippen LogP contribution is -2.41. The number of likely N-dealkylation sites (N-methyl/N-ethyl adjacent to an activating group) is 1. The number of hydrogen-bond donors (Lipinski definition) is 1. The average molecular weight is 232 g/mol. The van der Waals surface area contributed by atoms with Gasteiger partial charge in [0.15, 0.2) is 0 Å². The van der Waals surface area contributed by atoms with E-state index in [0.29, 0.717) is 6.04 Å². The van der Waals surface area contributed by atoms with Crippen molar-refractivity contribution in [1.82, 2.24) is 10.2 Å². The van der Waals surface area contributed by atoms with Gasteiger partial charge in [-0.1, -0.05) is 0 Å². The summed E-state index contributed by atoms with van der Waals surface area (Å²) in [6.07, 6.45) is 0.370. The van der Waals surface area contributed by atoms with E-state index in [2.05, 4.69) is 10.2 Å². The number of rotatable bonds is 7. The van der Waals surface area contributed by atoms with Crippen molar-refractivity contribution in [2.24, 2.45) is 0 Å². The maximum atomic E-state index is 5.40. The van der Waals surface area contributed by atoms with Crippen LogP contribution in [0.25, 0.3) is 0 Å². The summed E-state index contributed by atoms with van der Waals surface area (Å²) in [5, 5.41) is 3.25. The van der Waals surface area contributed by atoms with Gasteiger partial charge in [0.05, 0.1) is 18.8 Å². The molecule has 1 aliphatic heterocycles. The third kappa shape index (κ3) is 3.68. The summed E-state index contributed by atoms with van der Waals surface area (Å²) in [6, 6.07) is 0.359. The summed E-state index contributed by atoms with van der Waals surface area (Å²) in [6.45, 7) is 3.54. The fourth-order valence-electron chi connectivity index (χ4n) is 2.16. The topological polar surface area (TPSA) is 43.0 Å². The van der Waals surface area contributed by atoms with Gasteiger partial charge in [0.2, 0.25) is 0 Å². The third-order valence-corrected chi connectivity index (χ3v) is 3.15. The zero-order valence-electron chi connectivity index (χ0n) is 10.7. The van der Waals surface area contributed by atoms with Gasteiger partial charge in [0.1, 0.15) is 0 Å². The molecule has 3 atom stereocenters. The zero-order valence-corrected chi connectivity index (χ0v) is 10.7. The van der Waals surface area contributed by atoms with Crippen molar-refractivity contribution in [1.29, 1.82) is 0 Å². The molecule has 0 aromatic heterocycles. The second-order valence-corrected chi connectivity index (χ2v) is 4.21. The molecule has 0 aromatic carbocycles. The van der Waals surface area contributed by atoms with Crippen molar-refractivity contribution in [2.75, 3.05) is 54.6 Å². The van der Waals surface area contributed by atoms with Crippen molar-refractivity contribution < 1.29 is 14.2 Å². The predicted octanol–water partition coefficient (Wildman–Crippen LogP) is -0.434. The minimum Gasteiger partial charge on any atom is -0.383 e. The minimum absolute atomic E-state index is 0.185. The lowest BCUT2D eigenvalue weighted by Gasteiger charge is -2.22. The first kappa shape index (κ1) is 13.9. The van der Waals surface area contributed by atoms with Crippen LogP contribution in [0.5, 0.6) is 0 Å². The van der Waals surface area contributed by atoms with Crippen LogP contribution in [0.3, 0.4) is 0 Å². The summed E-state index contributed by atoms with van der Waals surface area (Å²) >= 11 is 0. The fourth-order valence-corrected chi connectivity index (χ4v) is 2.16. The summed E-state index contributed by atoms with van der Waals surface area (Å²) < 4.78 is 16.0. The van der Waals surface area contributed by atoms with Crippen LogP contribution >= 0.6 is 0 Å². The maximum absolute atomic E-state index is 5.40. The highest BCUT2D eigenvalue weighted by Gasteiger charge is 2.33. The van der Waals surface area contributed by atoms with Crippen molar-refractivity contribution in [3.8, 4) is 0 Å². The highest BCUT2D eigenvalue weighted by atomic mass is 16.5. The molecule has 5 heteroatoms. The van der Waals surface area contributed by atoms with E-state index < -0.39 is 0 Å². The number of nitrogens with zero attached hydrogens (tertiary/aromatic N) is 1. The Labute approximate surface area is 98.0 Å². The van der Waals surface area contributed by atoms with Gasteiger partial charge in [0.25, 0.3) is 0 Å². The Morgan fingerprint density at radius 1 is 1.19 bits per heavy atom. The smallest absolute Gasteiger partial charge is 0.0971 e. The van der Waals surface area contributed by atoms with E-state index in [0.717, 1.165) is 26.2 Å². The fraction of sp³-hybridized carbons (Fsp3) is 1.00. The Morgan fingerprint density at radius 2 is 1.75 bits per heavy atom. The van der Waals surface area contributed by atoms with Crippen molar-refractivity contribution in [3.63, 3.8) is 0 Å². The first-order valence-corrected chi connectivity index (χ1v) is 5.69. The number of hydrogen-bond acceptors (Lipinski definition) is 5. The second kappa shape index (κ2) is 7.19. The average Bonchev–Trinajstić information content (AvgIpc) is 2.70. The van der Waals surface area contributed by atoms with Gasteiger partial charge in [-0.3, -0.25) is 4.90 Å². The molecule has 1 heterocycles. The van der Waals surface area contributed by atoms with Crippen LogP contribution in [0.2, 0.25) is 0 Å². The van der Waals surface area contributed by atoms with E-state index >= 15 is 0 Å². The van der Waals surface area contributed by atoms with E-state index in [1.165, 1.54) is 0 Å². The molecule has 0 spiro atoms. The standard InChI is InChI=1S/C11H24N2O3/c1-12-9(8-14-2)5-13-6-10(15-3)11(7-13)16-4/h9-12H,5-8H2,1-4H3. The van der Waals surface area contributed by atoms with Crippen LogP contribution in [0, 0.1) is 0 Å². The summed E-state index contributed by atoms with van der Waals surface area (Å²) in [4.78, 5) is 2.35. The van der Waals surface area contributed by atoms with E-state index in [-0.39, 0.29) is 12.2 Å². The quantitative estimate of drug-likeness (QED) is 0.645. The second-order valence-electron chi connectivity index (χ2n) is 4.21. The first-order valence-electron chi connectivity index (χ1n) is 5.69. The SMILES string of the molecule is CNC(COC)CN1CC(OC)C(OC)C1. The normalized spacial score (nSPS) is 28.5. The molecular weight excluding hydrogens is 208 g/mol. The molecule has 1 rings (SSSR count). The molecule has 5 nitrogen and oxygen atoms in total. The molecule has 0 radical (unpaired) electrons. The minimum atomic E-state index is 0.185. The van der Waals surface area contributed by atoms with Crippen LogP contribution in [-0.4, -0.2) is 77.8 Å². The molecule has 96 valence electrons. The number of nitrogens with one attached hydrogen (secondary N) is 1. The van der Waals surface area contributed by atoms with E-state index in [9.17, 15) is 0 Å². The van der Waals surface area contributed by atoms with Gasteiger partial charge < -0.3 is 19.5 Å².